The SMILES string of the molecule is N#Cc1cccc(CNCCc2nnc3n2CCCCC3)c1. The molecule has 0 saturated carbocycles. The molecule has 1 aliphatic rings. The predicted molar refractivity (Wildman–Crippen MR) is 84.1 cm³/mol. The van der Waals surface area contributed by atoms with Gasteiger partial charge in [0.2, 0.25) is 0 Å². The molecule has 2 aromatic rings. The van der Waals surface area contributed by atoms with E-state index < -0.39 is 0 Å². The van der Waals surface area contributed by atoms with Gasteiger partial charge in [-0.3, -0.25) is 0 Å². The van der Waals surface area contributed by atoms with Crippen LogP contribution >= 0.6 is 0 Å². The van der Waals surface area contributed by atoms with Crippen molar-refractivity contribution in [1.82, 2.24) is 20.1 Å². The van der Waals surface area contributed by atoms with Crippen LogP contribution in [0.5, 0.6) is 0 Å². The second-order valence-electron chi connectivity index (χ2n) is 5.73. The molecule has 0 fully saturated rings. The molecular weight excluding hydrogens is 274 g/mol. The maximum Gasteiger partial charge on any atom is 0.134 e. The van der Waals surface area contributed by atoms with Crippen LogP contribution in [0.15, 0.2) is 24.3 Å². The quantitative estimate of drug-likeness (QED) is 0.859. The summed E-state index contributed by atoms with van der Waals surface area (Å²) in [6, 6.07) is 9.89. The van der Waals surface area contributed by atoms with E-state index in [4.69, 9.17) is 5.26 Å². The third-order valence-electron chi connectivity index (χ3n) is 4.10. The van der Waals surface area contributed by atoms with Crippen LogP contribution < -0.4 is 5.32 Å². The molecule has 0 bridgehead atoms. The number of benzene rings is 1. The molecule has 5 heteroatoms. The summed E-state index contributed by atoms with van der Waals surface area (Å²) in [7, 11) is 0. The van der Waals surface area contributed by atoms with Crippen LogP contribution in [-0.4, -0.2) is 21.3 Å². The van der Waals surface area contributed by atoms with Crippen LogP contribution in [0.1, 0.15) is 42.0 Å². The van der Waals surface area contributed by atoms with E-state index in [1.54, 1.807) is 0 Å². The van der Waals surface area contributed by atoms with E-state index >= 15 is 0 Å². The molecule has 5 nitrogen and oxygen atoms in total. The Hall–Kier alpha value is -2.19. The monoisotopic (exact) mass is 295 g/mol. The normalized spacial score (nSPS) is 14.1. The van der Waals surface area contributed by atoms with Crippen molar-refractivity contribution in [2.24, 2.45) is 0 Å². The number of nitrogens with one attached hydrogen (secondary N) is 1. The molecular formula is C17H21N5. The van der Waals surface area contributed by atoms with Gasteiger partial charge >= 0.3 is 0 Å². The standard InChI is InChI=1S/C17H21N5/c18-12-14-5-4-6-15(11-14)13-19-9-8-17-21-20-16-7-2-1-3-10-22(16)17/h4-6,11,19H,1-3,7-10,13H2. The van der Waals surface area contributed by atoms with Gasteiger partial charge in [-0.2, -0.15) is 5.26 Å². The minimum Gasteiger partial charge on any atom is -0.315 e. The highest BCUT2D eigenvalue weighted by Crippen LogP contribution is 2.14. The lowest BCUT2D eigenvalue weighted by molar-refractivity contribution is 0.587. The maximum atomic E-state index is 8.91. The van der Waals surface area contributed by atoms with Crippen molar-refractivity contribution in [2.75, 3.05) is 6.54 Å². The summed E-state index contributed by atoms with van der Waals surface area (Å²) in [4.78, 5) is 0. The lowest BCUT2D eigenvalue weighted by atomic mass is 10.1. The largest absolute Gasteiger partial charge is 0.315 e. The third-order valence-corrected chi connectivity index (χ3v) is 4.10. The number of rotatable bonds is 5. The van der Waals surface area contributed by atoms with Gasteiger partial charge in [0.1, 0.15) is 11.6 Å². The summed E-state index contributed by atoms with van der Waals surface area (Å²) in [6.07, 6.45) is 5.70. The van der Waals surface area contributed by atoms with Gasteiger partial charge < -0.3 is 9.88 Å². The lowest BCUT2D eigenvalue weighted by Crippen LogP contribution is -2.19. The van der Waals surface area contributed by atoms with Gasteiger partial charge in [-0.15, -0.1) is 10.2 Å². The lowest BCUT2D eigenvalue weighted by Gasteiger charge is -2.08. The Kier molecular flexibility index (Phi) is 4.81. The topological polar surface area (TPSA) is 66.5 Å². The number of hydrogen-bond donors (Lipinski definition) is 1. The number of nitrogens with zero attached hydrogens (tertiary/aromatic N) is 4. The Morgan fingerprint density at radius 1 is 1.23 bits per heavy atom. The summed E-state index contributed by atoms with van der Waals surface area (Å²) in [5, 5.41) is 21.0. The smallest absolute Gasteiger partial charge is 0.134 e. The summed E-state index contributed by atoms with van der Waals surface area (Å²) in [5.74, 6) is 2.24. The van der Waals surface area contributed by atoms with Gasteiger partial charge in [0, 0.05) is 32.5 Å². The van der Waals surface area contributed by atoms with Crippen LogP contribution in [0, 0.1) is 11.3 Å². The number of hydrogen-bond acceptors (Lipinski definition) is 4. The minimum atomic E-state index is 0.710. The van der Waals surface area contributed by atoms with Crippen LogP contribution in [0.2, 0.25) is 0 Å². The highest BCUT2D eigenvalue weighted by Gasteiger charge is 2.13. The summed E-state index contributed by atoms with van der Waals surface area (Å²) < 4.78 is 2.30. The predicted octanol–water partition coefficient (Wildman–Crippen LogP) is 2.21. The van der Waals surface area contributed by atoms with E-state index in [2.05, 4.69) is 26.2 Å². The fourth-order valence-electron chi connectivity index (χ4n) is 2.91. The first-order valence-corrected chi connectivity index (χ1v) is 7.97. The summed E-state index contributed by atoms with van der Waals surface area (Å²) in [6.45, 7) is 2.70. The van der Waals surface area contributed by atoms with E-state index in [9.17, 15) is 0 Å². The third kappa shape index (κ3) is 3.52. The van der Waals surface area contributed by atoms with Crippen molar-refractivity contribution in [1.29, 1.82) is 5.26 Å². The number of fused-ring (bicyclic) bond motifs is 1. The fraction of sp³-hybridized carbons (Fsp3) is 0.471. The van der Waals surface area contributed by atoms with Crippen LogP contribution in [0.25, 0.3) is 0 Å². The van der Waals surface area contributed by atoms with Crippen molar-refractivity contribution < 1.29 is 0 Å². The number of aromatic nitrogens is 3. The van der Waals surface area contributed by atoms with Gasteiger partial charge in [-0.25, -0.2) is 0 Å². The first kappa shape index (κ1) is 14.7. The second-order valence-corrected chi connectivity index (χ2v) is 5.73. The van der Waals surface area contributed by atoms with Crippen molar-refractivity contribution in [3.63, 3.8) is 0 Å². The molecule has 0 amide bonds. The summed E-state index contributed by atoms with van der Waals surface area (Å²) in [5.41, 5.74) is 1.85. The van der Waals surface area contributed by atoms with Crippen molar-refractivity contribution in [3.8, 4) is 6.07 Å². The van der Waals surface area contributed by atoms with E-state index in [-0.39, 0.29) is 0 Å². The minimum absolute atomic E-state index is 0.710. The molecule has 0 saturated heterocycles. The highest BCUT2D eigenvalue weighted by atomic mass is 15.3. The number of nitriles is 1. The summed E-state index contributed by atoms with van der Waals surface area (Å²) >= 11 is 0. The molecule has 0 unspecified atom stereocenters. The molecule has 1 aliphatic heterocycles. The molecule has 114 valence electrons. The molecule has 0 radical (unpaired) electrons. The van der Waals surface area contributed by atoms with Gasteiger partial charge in [0.25, 0.3) is 0 Å². The van der Waals surface area contributed by atoms with E-state index in [1.165, 1.54) is 19.3 Å². The van der Waals surface area contributed by atoms with E-state index in [0.29, 0.717) is 5.56 Å². The first-order chi connectivity index (χ1) is 10.9. The average Bonchev–Trinajstić information content (AvgIpc) is 2.79. The second kappa shape index (κ2) is 7.19. The zero-order valence-corrected chi connectivity index (χ0v) is 12.8. The zero-order valence-electron chi connectivity index (χ0n) is 12.8. The van der Waals surface area contributed by atoms with Crippen molar-refractivity contribution in [3.05, 3.63) is 47.0 Å². The molecule has 1 aromatic carbocycles. The molecule has 0 aliphatic carbocycles. The van der Waals surface area contributed by atoms with Crippen LogP contribution in [0.3, 0.4) is 0 Å². The molecule has 3 rings (SSSR count). The maximum absolute atomic E-state index is 8.91. The molecule has 22 heavy (non-hydrogen) atoms. The van der Waals surface area contributed by atoms with Crippen molar-refractivity contribution >= 4 is 0 Å². The first-order valence-electron chi connectivity index (χ1n) is 7.97. The Morgan fingerprint density at radius 3 is 3.09 bits per heavy atom. The molecule has 2 heterocycles. The van der Waals surface area contributed by atoms with E-state index in [1.807, 2.05) is 24.3 Å². The Bertz CT molecular complexity index is 668. The highest BCUT2D eigenvalue weighted by molar-refractivity contribution is 5.32. The van der Waals surface area contributed by atoms with E-state index in [0.717, 1.165) is 49.7 Å². The van der Waals surface area contributed by atoms with Crippen LogP contribution in [-0.2, 0) is 25.9 Å². The molecule has 1 aromatic heterocycles. The Morgan fingerprint density at radius 2 is 2.18 bits per heavy atom. The van der Waals surface area contributed by atoms with Gasteiger partial charge in [0.15, 0.2) is 0 Å². The Labute approximate surface area is 131 Å². The van der Waals surface area contributed by atoms with Gasteiger partial charge in [0.05, 0.1) is 11.6 Å². The molecule has 0 atom stereocenters. The average molecular weight is 295 g/mol. The number of aryl methyl sites for hydroxylation is 1. The van der Waals surface area contributed by atoms with Crippen molar-refractivity contribution in [2.45, 2.75) is 45.2 Å². The van der Waals surface area contributed by atoms with Crippen LogP contribution in [0.4, 0.5) is 0 Å². The van der Waals surface area contributed by atoms with Gasteiger partial charge in [-0.1, -0.05) is 18.6 Å². The fourth-order valence-corrected chi connectivity index (χ4v) is 2.91. The Balaban J connectivity index is 1.51. The zero-order chi connectivity index (χ0) is 15.2. The van der Waals surface area contributed by atoms with Gasteiger partial charge in [-0.05, 0) is 30.5 Å². The molecule has 0 spiro atoms. The molecule has 1 N–H and O–H groups in total.